The lowest BCUT2D eigenvalue weighted by Gasteiger charge is -2.20. The monoisotopic (exact) mass is 312 g/mol. The van der Waals surface area contributed by atoms with E-state index in [0.29, 0.717) is 25.2 Å². The molecule has 1 aromatic carbocycles. The van der Waals surface area contributed by atoms with Gasteiger partial charge >= 0.3 is 0 Å². The molecule has 0 saturated heterocycles. The number of aliphatic hydroxyl groups is 1. The summed E-state index contributed by atoms with van der Waals surface area (Å²) in [4.78, 5) is 17.2. The molecular formula is C18H20N2O3. The van der Waals surface area contributed by atoms with Crippen molar-refractivity contribution in [1.82, 2.24) is 9.88 Å². The van der Waals surface area contributed by atoms with E-state index < -0.39 is 0 Å². The number of aliphatic hydroxyl groups excluding tert-OH is 1. The number of rotatable bonds is 6. The lowest BCUT2D eigenvalue weighted by Crippen LogP contribution is -2.29. The van der Waals surface area contributed by atoms with Crippen molar-refractivity contribution in [1.29, 1.82) is 0 Å². The summed E-state index contributed by atoms with van der Waals surface area (Å²) < 4.78 is 5.35. The topological polar surface area (TPSA) is 69.5 Å². The zero-order chi connectivity index (χ0) is 16.2. The molecule has 0 atom stereocenters. The number of pyridine rings is 1. The quantitative estimate of drug-likeness (QED) is 0.733. The number of hydrogen-bond donors (Lipinski definition) is 2. The molecule has 2 heterocycles. The van der Waals surface area contributed by atoms with Crippen LogP contribution >= 0.6 is 0 Å². The van der Waals surface area contributed by atoms with Crippen LogP contribution in [-0.2, 0) is 13.1 Å². The number of nitrogens with one attached hydrogen (secondary N) is 1. The van der Waals surface area contributed by atoms with Crippen LogP contribution in [0.25, 0.3) is 10.9 Å². The third-order valence-electron chi connectivity index (χ3n) is 3.85. The van der Waals surface area contributed by atoms with Gasteiger partial charge in [-0.25, -0.2) is 0 Å². The van der Waals surface area contributed by atoms with Crippen LogP contribution in [0.1, 0.15) is 16.9 Å². The van der Waals surface area contributed by atoms with E-state index in [9.17, 15) is 9.90 Å². The van der Waals surface area contributed by atoms with Crippen LogP contribution in [0.15, 0.2) is 51.9 Å². The largest absolute Gasteiger partial charge is 0.468 e. The summed E-state index contributed by atoms with van der Waals surface area (Å²) in [7, 11) is 0. The molecule has 0 amide bonds. The Bertz CT molecular complexity index is 837. The maximum atomic E-state index is 12.3. The molecule has 0 aliphatic rings. The molecule has 0 bridgehead atoms. The molecule has 2 N–H and O–H groups in total. The minimum Gasteiger partial charge on any atom is -0.468 e. The van der Waals surface area contributed by atoms with E-state index in [1.807, 2.05) is 42.2 Å². The summed E-state index contributed by atoms with van der Waals surface area (Å²) in [5, 5.41) is 10.3. The zero-order valence-electron chi connectivity index (χ0n) is 13.1. The molecule has 0 spiro atoms. The van der Waals surface area contributed by atoms with Crippen molar-refractivity contribution in [2.45, 2.75) is 20.0 Å². The highest BCUT2D eigenvalue weighted by Crippen LogP contribution is 2.15. The van der Waals surface area contributed by atoms with Gasteiger partial charge in [0.05, 0.1) is 19.4 Å². The number of aromatic nitrogens is 1. The van der Waals surface area contributed by atoms with Crippen LogP contribution in [-0.4, -0.2) is 28.1 Å². The van der Waals surface area contributed by atoms with Crippen molar-refractivity contribution in [3.05, 3.63) is 69.9 Å². The van der Waals surface area contributed by atoms with Crippen molar-refractivity contribution in [2.24, 2.45) is 0 Å². The van der Waals surface area contributed by atoms with Crippen molar-refractivity contribution in [3.8, 4) is 0 Å². The number of H-pyrrole nitrogens is 1. The number of benzene rings is 1. The summed E-state index contributed by atoms with van der Waals surface area (Å²) in [5.74, 6) is 0.812. The van der Waals surface area contributed by atoms with Crippen LogP contribution in [0.5, 0.6) is 0 Å². The maximum Gasteiger partial charge on any atom is 0.252 e. The molecule has 0 fully saturated rings. The smallest absolute Gasteiger partial charge is 0.252 e. The number of furan rings is 1. The van der Waals surface area contributed by atoms with E-state index in [4.69, 9.17) is 4.42 Å². The Morgan fingerprint density at radius 2 is 2.09 bits per heavy atom. The highest BCUT2D eigenvalue weighted by Gasteiger charge is 2.11. The zero-order valence-corrected chi connectivity index (χ0v) is 13.1. The van der Waals surface area contributed by atoms with Crippen molar-refractivity contribution >= 4 is 10.9 Å². The van der Waals surface area contributed by atoms with E-state index in [1.54, 1.807) is 6.26 Å². The number of hydrogen-bond acceptors (Lipinski definition) is 4. The Morgan fingerprint density at radius 1 is 1.22 bits per heavy atom. The van der Waals surface area contributed by atoms with Crippen LogP contribution in [0, 0.1) is 6.92 Å². The lowest BCUT2D eigenvalue weighted by atomic mass is 10.1. The van der Waals surface area contributed by atoms with Gasteiger partial charge in [0.15, 0.2) is 0 Å². The molecule has 0 radical (unpaired) electrons. The molecule has 23 heavy (non-hydrogen) atoms. The van der Waals surface area contributed by atoms with E-state index >= 15 is 0 Å². The van der Waals surface area contributed by atoms with Crippen LogP contribution in [0.4, 0.5) is 0 Å². The molecule has 3 rings (SSSR count). The minimum atomic E-state index is -0.0938. The molecule has 0 aliphatic carbocycles. The van der Waals surface area contributed by atoms with Gasteiger partial charge in [-0.15, -0.1) is 0 Å². The fourth-order valence-corrected chi connectivity index (χ4v) is 2.71. The summed E-state index contributed by atoms with van der Waals surface area (Å²) in [5.41, 5.74) is 2.58. The molecule has 0 unspecified atom stereocenters. The van der Waals surface area contributed by atoms with Gasteiger partial charge in [-0.1, -0.05) is 11.6 Å². The van der Waals surface area contributed by atoms with E-state index in [1.165, 1.54) is 0 Å². The van der Waals surface area contributed by atoms with E-state index in [2.05, 4.69) is 11.1 Å². The van der Waals surface area contributed by atoms with Gasteiger partial charge in [0, 0.05) is 24.2 Å². The van der Waals surface area contributed by atoms with Crippen molar-refractivity contribution in [2.75, 3.05) is 13.2 Å². The summed E-state index contributed by atoms with van der Waals surface area (Å²) in [6.45, 7) is 3.55. The standard InChI is InChI=1S/C18H20N2O3/c1-13-4-5-17-14(9-13)10-15(18(22)19-17)11-20(6-7-21)12-16-3-2-8-23-16/h2-5,8-10,21H,6-7,11-12H2,1H3,(H,19,22). The highest BCUT2D eigenvalue weighted by atomic mass is 16.3. The third-order valence-corrected chi connectivity index (χ3v) is 3.85. The molecule has 5 nitrogen and oxygen atoms in total. The first-order valence-corrected chi connectivity index (χ1v) is 7.64. The van der Waals surface area contributed by atoms with E-state index in [0.717, 1.165) is 22.2 Å². The van der Waals surface area contributed by atoms with Gasteiger partial charge in [0.25, 0.3) is 5.56 Å². The number of aromatic amines is 1. The molecule has 0 saturated carbocycles. The van der Waals surface area contributed by atoms with Crippen molar-refractivity contribution < 1.29 is 9.52 Å². The Kier molecular flexibility index (Phi) is 4.60. The van der Waals surface area contributed by atoms with Gasteiger partial charge in [-0.3, -0.25) is 9.69 Å². The van der Waals surface area contributed by atoms with Gasteiger partial charge in [0.2, 0.25) is 0 Å². The summed E-state index contributed by atoms with van der Waals surface area (Å²) in [6.07, 6.45) is 1.62. The second-order valence-electron chi connectivity index (χ2n) is 5.73. The molecule has 5 heteroatoms. The van der Waals surface area contributed by atoms with Crippen LogP contribution < -0.4 is 5.56 Å². The molecule has 3 aromatic rings. The molecular weight excluding hydrogens is 292 g/mol. The first-order chi connectivity index (χ1) is 11.2. The number of aryl methyl sites for hydroxylation is 1. The first kappa shape index (κ1) is 15.5. The average molecular weight is 312 g/mol. The van der Waals surface area contributed by atoms with Gasteiger partial charge in [-0.2, -0.15) is 0 Å². The Hall–Kier alpha value is -2.37. The number of fused-ring (bicyclic) bond motifs is 1. The Balaban J connectivity index is 1.88. The average Bonchev–Trinajstić information content (AvgIpc) is 3.01. The Morgan fingerprint density at radius 3 is 2.83 bits per heavy atom. The molecule has 0 aliphatic heterocycles. The normalized spacial score (nSPS) is 11.4. The number of nitrogens with zero attached hydrogens (tertiary/aromatic N) is 1. The molecule has 120 valence electrons. The highest BCUT2D eigenvalue weighted by molar-refractivity contribution is 5.79. The van der Waals surface area contributed by atoms with Crippen LogP contribution in [0.2, 0.25) is 0 Å². The summed E-state index contributed by atoms with van der Waals surface area (Å²) >= 11 is 0. The first-order valence-electron chi connectivity index (χ1n) is 7.64. The predicted octanol–water partition coefficient (Wildman–Crippen LogP) is 2.42. The molecule has 2 aromatic heterocycles. The van der Waals surface area contributed by atoms with Crippen LogP contribution in [0.3, 0.4) is 0 Å². The fraction of sp³-hybridized carbons (Fsp3) is 0.278. The second kappa shape index (κ2) is 6.81. The fourth-order valence-electron chi connectivity index (χ4n) is 2.71. The second-order valence-corrected chi connectivity index (χ2v) is 5.73. The van der Waals surface area contributed by atoms with Crippen molar-refractivity contribution in [3.63, 3.8) is 0 Å². The van der Waals surface area contributed by atoms with Gasteiger partial charge in [-0.05, 0) is 42.6 Å². The maximum absolute atomic E-state index is 12.3. The third kappa shape index (κ3) is 3.70. The SMILES string of the molecule is Cc1ccc2[nH]c(=O)c(CN(CCO)Cc3ccco3)cc2c1. The predicted molar refractivity (Wildman–Crippen MR) is 89.2 cm³/mol. The Labute approximate surface area is 134 Å². The van der Waals surface area contributed by atoms with Gasteiger partial charge < -0.3 is 14.5 Å². The van der Waals surface area contributed by atoms with E-state index in [-0.39, 0.29) is 12.2 Å². The van der Waals surface area contributed by atoms with Gasteiger partial charge in [0.1, 0.15) is 5.76 Å². The minimum absolute atomic E-state index is 0.0330. The lowest BCUT2D eigenvalue weighted by molar-refractivity contribution is 0.174. The summed E-state index contributed by atoms with van der Waals surface area (Å²) in [6, 6.07) is 11.6.